The highest BCUT2D eigenvalue weighted by Gasteiger charge is 2.47. The van der Waals surface area contributed by atoms with Crippen molar-refractivity contribution in [2.45, 2.75) is 6.04 Å². The first-order valence-corrected chi connectivity index (χ1v) is 12.0. The summed E-state index contributed by atoms with van der Waals surface area (Å²) in [6, 6.07) is 28.8. The summed E-state index contributed by atoms with van der Waals surface area (Å²) in [6.07, 6.45) is 1.62. The maximum Gasteiger partial charge on any atom is 0.300 e. The van der Waals surface area contributed by atoms with Crippen LogP contribution in [0.3, 0.4) is 0 Å². The monoisotopic (exact) mass is 502 g/mol. The molecule has 4 aromatic carbocycles. The van der Waals surface area contributed by atoms with E-state index in [0.717, 1.165) is 10.9 Å². The molecule has 0 radical (unpaired) electrons. The van der Waals surface area contributed by atoms with Gasteiger partial charge in [0.25, 0.3) is 11.7 Å². The lowest BCUT2D eigenvalue weighted by atomic mass is 9.95. The van der Waals surface area contributed by atoms with Crippen molar-refractivity contribution in [2.24, 2.45) is 0 Å². The van der Waals surface area contributed by atoms with E-state index in [2.05, 4.69) is 4.98 Å². The number of fused-ring (bicyclic) bond motifs is 1. The summed E-state index contributed by atoms with van der Waals surface area (Å²) in [5.41, 5.74) is 2.21. The van der Waals surface area contributed by atoms with Crippen molar-refractivity contribution < 1.29 is 24.5 Å². The molecule has 1 aromatic heterocycles. The van der Waals surface area contributed by atoms with Crippen LogP contribution in [-0.4, -0.2) is 26.9 Å². The van der Waals surface area contributed by atoms with Gasteiger partial charge in [-0.1, -0.05) is 48.5 Å². The molecule has 1 aliphatic heterocycles. The molecular weight excluding hydrogens is 480 g/mol. The van der Waals surface area contributed by atoms with Gasteiger partial charge >= 0.3 is 0 Å². The standard InChI is InChI=1S/C31H22N2O5/c34-21-14-10-19(11-15-21)28-27(29(35)25-18-32-26-9-5-4-8-24(25)26)30(36)31(37)33(28)20-12-16-23(17-13-20)38-22-6-2-1-3-7-22/h1-18,28,32,34-35H/b29-27-. The molecule has 38 heavy (non-hydrogen) atoms. The number of phenolic OH excluding ortho intramolecular Hbond substituents is 1. The maximum atomic E-state index is 13.4. The molecular formula is C31H22N2O5. The summed E-state index contributed by atoms with van der Waals surface area (Å²) in [7, 11) is 0. The predicted molar refractivity (Wildman–Crippen MR) is 144 cm³/mol. The minimum Gasteiger partial charge on any atom is -0.508 e. The Morgan fingerprint density at radius 2 is 1.45 bits per heavy atom. The summed E-state index contributed by atoms with van der Waals surface area (Å²) in [5, 5.41) is 22.0. The zero-order valence-electron chi connectivity index (χ0n) is 20.0. The van der Waals surface area contributed by atoms with Crippen molar-refractivity contribution in [3.63, 3.8) is 0 Å². The number of aliphatic hydroxyl groups is 1. The van der Waals surface area contributed by atoms with Crippen LogP contribution in [0.15, 0.2) is 115 Å². The Morgan fingerprint density at radius 3 is 2.18 bits per heavy atom. The number of phenols is 1. The van der Waals surface area contributed by atoms with E-state index in [9.17, 15) is 19.8 Å². The fourth-order valence-corrected chi connectivity index (χ4v) is 4.78. The number of nitrogens with one attached hydrogen (secondary N) is 1. The van der Waals surface area contributed by atoms with Crippen molar-refractivity contribution in [3.05, 3.63) is 126 Å². The fourth-order valence-electron chi connectivity index (χ4n) is 4.78. The van der Waals surface area contributed by atoms with Crippen LogP contribution in [0.25, 0.3) is 16.7 Å². The first kappa shape index (κ1) is 23.1. The third-order valence-corrected chi connectivity index (χ3v) is 6.59. The van der Waals surface area contributed by atoms with Gasteiger partial charge in [0.1, 0.15) is 23.0 Å². The molecule has 5 aromatic rings. The van der Waals surface area contributed by atoms with Crippen molar-refractivity contribution in [3.8, 4) is 17.2 Å². The molecule has 1 saturated heterocycles. The molecule has 0 bridgehead atoms. The van der Waals surface area contributed by atoms with Gasteiger partial charge in [-0.05, 0) is 60.2 Å². The van der Waals surface area contributed by atoms with Crippen LogP contribution in [0, 0.1) is 0 Å². The average molecular weight is 503 g/mol. The minimum atomic E-state index is -0.912. The number of aromatic amines is 1. The summed E-state index contributed by atoms with van der Waals surface area (Å²) < 4.78 is 5.87. The lowest BCUT2D eigenvalue weighted by Crippen LogP contribution is -2.29. The Balaban J connectivity index is 1.46. The van der Waals surface area contributed by atoms with Crippen molar-refractivity contribution in [1.29, 1.82) is 0 Å². The van der Waals surface area contributed by atoms with E-state index >= 15 is 0 Å². The highest BCUT2D eigenvalue weighted by Crippen LogP contribution is 2.43. The number of carbonyl (C=O) groups is 2. The number of anilines is 1. The number of Topliss-reactive ketones (excluding diaryl/α,β-unsaturated/α-hetero) is 1. The number of para-hydroxylation sites is 2. The summed E-state index contributed by atoms with van der Waals surface area (Å²) in [6.45, 7) is 0. The van der Waals surface area contributed by atoms with Gasteiger partial charge in [-0.2, -0.15) is 0 Å². The molecule has 186 valence electrons. The Morgan fingerprint density at radius 1 is 0.789 bits per heavy atom. The number of carbonyl (C=O) groups excluding carboxylic acids is 2. The van der Waals surface area contributed by atoms with Crippen LogP contribution in [0.5, 0.6) is 17.2 Å². The van der Waals surface area contributed by atoms with E-state index in [4.69, 9.17) is 4.74 Å². The molecule has 1 atom stereocenters. The number of amides is 1. The van der Waals surface area contributed by atoms with Crippen molar-refractivity contribution >= 4 is 34.0 Å². The smallest absolute Gasteiger partial charge is 0.300 e. The second-order valence-electron chi connectivity index (χ2n) is 8.92. The highest BCUT2D eigenvalue weighted by molar-refractivity contribution is 6.51. The molecule has 1 unspecified atom stereocenters. The van der Waals surface area contributed by atoms with E-state index in [1.165, 1.54) is 17.0 Å². The lowest BCUT2D eigenvalue weighted by molar-refractivity contribution is -0.132. The maximum absolute atomic E-state index is 13.4. The van der Waals surface area contributed by atoms with Crippen LogP contribution in [0.4, 0.5) is 5.69 Å². The largest absolute Gasteiger partial charge is 0.508 e. The molecule has 0 saturated carbocycles. The number of ketones is 1. The van der Waals surface area contributed by atoms with Crippen LogP contribution < -0.4 is 9.64 Å². The molecule has 7 heteroatoms. The normalized spacial score (nSPS) is 16.7. The third kappa shape index (κ3) is 3.96. The first-order valence-electron chi connectivity index (χ1n) is 12.0. The van der Waals surface area contributed by atoms with Gasteiger partial charge in [0.2, 0.25) is 0 Å². The topological polar surface area (TPSA) is 103 Å². The predicted octanol–water partition coefficient (Wildman–Crippen LogP) is 6.29. The first-order chi connectivity index (χ1) is 18.5. The van der Waals surface area contributed by atoms with Gasteiger partial charge in [0.05, 0.1) is 11.6 Å². The van der Waals surface area contributed by atoms with Crippen molar-refractivity contribution in [2.75, 3.05) is 4.90 Å². The number of H-pyrrole nitrogens is 1. The highest BCUT2D eigenvalue weighted by atomic mass is 16.5. The summed E-state index contributed by atoms with van der Waals surface area (Å²) >= 11 is 0. The molecule has 2 heterocycles. The molecule has 0 spiro atoms. The van der Waals surface area contributed by atoms with E-state index < -0.39 is 17.7 Å². The quantitative estimate of drug-likeness (QED) is 0.149. The van der Waals surface area contributed by atoms with Crippen LogP contribution in [0.1, 0.15) is 17.2 Å². The van der Waals surface area contributed by atoms with Gasteiger partial charge in [-0.25, -0.2) is 0 Å². The third-order valence-electron chi connectivity index (χ3n) is 6.59. The van der Waals surface area contributed by atoms with E-state index in [-0.39, 0.29) is 17.1 Å². The average Bonchev–Trinajstić information content (AvgIpc) is 3.49. The molecule has 7 nitrogen and oxygen atoms in total. The number of nitrogens with zero attached hydrogens (tertiary/aromatic N) is 1. The Labute approximate surface area is 217 Å². The Bertz CT molecular complexity index is 1690. The Hall–Kier alpha value is -5.30. The SMILES string of the molecule is O=C1C(=O)N(c2ccc(Oc3ccccc3)cc2)C(c2ccc(O)cc2)/C1=C(/O)c1c[nH]c2ccccc12. The number of hydrogen-bond acceptors (Lipinski definition) is 5. The second-order valence-corrected chi connectivity index (χ2v) is 8.92. The number of aliphatic hydroxyl groups excluding tert-OH is 1. The van der Waals surface area contributed by atoms with Gasteiger partial charge in [-0.15, -0.1) is 0 Å². The molecule has 6 rings (SSSR count). The van der Waals surface area contributed by atoms with E-state index in [1.54, 1.807) is 42.6 Å². The number of aromatic hydroxyl groups is 1. The second kappa shape index (κ2) is 9.29. The Kier molecular flexibility index (Phi) is 5.65. The molecule has 1 aliphatic rings. The summed E-state index contributed by atoms with van der Waals surface area (Å²) in [5.74, 6) is -0.549. The molecule has 3 N–H and O–H groups in total. The number of rotatable bonds is 5. The fraction of sp³-hybridized carbons (Fsp3) is 0.0323. The van der Waals surface area contributed by atoms with E-state index in [1.807, 2.05) is 54.6 Å². The number of aromatic nitrogens is 1. The van der Waals surface area contributed by atoms with Gasteiger partial charge < -0.3 is 19.9 Å². The van der Waals surface area contributed by atoms with Gasteiger partial charge in [0.15, 0.2) is 0 Å². The number of benzene rings is 4. The molecule has 1 amide bonds. The van der Waals surface area contributed by atoms with Crippen LogP contribution in [0.2, 0.25) is 0 Å². The molecule has 0 aliphatic carbocycles. The summed E-state index contributed by atoms with van der Waals surface area (Å²) in [4.78, 5) is 31.3. The number of hydrogen-bond donors (Lipinski definition) is 3. The van der Waals surface area contributed by atoms with Crippen LogP contribution in [-0.2, 0) is 9.59 Å². The minimum absolute atomic E-state index is 0.0324. The van der Waals surface area contributed by atoms with Crippen LogP contribution >= 0.6 is 0 Å². The zero-order chi connectivity index (χ0) is 26.2. The van der Waals surface area contributed by atoms with Gasteiger partial charge in [0, 0.05) is 28.4 Å². The van der Waals surface area contributed by atoms with Gasteiger partial charge in [-0.3, -0.25) is 14.5 Å². The number of ether oxygens (including phenoxy) is 1. The molecule has 1 fully saturated rings. The zero-order valence-corrected chi connectivity index (χ0v) is 20.0. The van der Waals surface area contributed by atoms with Crippen molar-refractivity contribution in [1.82, 2.24) is 4.98 Å². The van der Waals surface area contributed by atoms with E-state index in [0.29, 0.717) is 28.3 Å². The lowest BCUT2D eigenvalue weighted by Gasteiger charge is -2.25.